The van der Waals surface area contributed by atoms with E-state index in [1.165, 1.54) is 16.4 Å². The largest absolute Gasteiger partial charge is 0.380 e. The van der Waals surface area contributed by atoms with Crippen LogP contribution in [0.5, 0.6) is 0 Å². The molecule has 0 bridgehead atoms. The molecule has 0 aliphatic carbocycles. The van der Waals surface area contributed by atoms with Crippen molar-refractivity contribution in [2.45, 2.75) is 12.1 Å². The number of nitrogens with two attached hydrogens (primary N) is 1. The van der Waals surface area contributed by atoms with Gasteiger partial charge in [0.25, 0.3) is 0 Å². The van der Waals surface area contributed by atoms with Crippen LogP contribution in [-0.4, -0.2) is 82.6 Å². The van der Waals surface area contributed by atoms with Crippen molar-refractivity contribution in [3.05, 3.63) is 0 Å². The van der Waals surface area contributed by atoms with Crippen molar-refractivity contribution in [2.75, 3.05) is 47.4 Å². The SMILES string of the molecule is [B]C1CNCC(COP(=O)(N(C)C)N(C)CC(N)=O)O1. The molecular formula is C10H22BN4O4P. The quantitative estimate of drug-likeness (QED) is 0.440. The number of carbonyl (C=O) groups excluding carboxylic acids is 1. The number of morpholine rings is 1. The van der Waals surface area contributed by atoms with Gasteiger partial charge in [-0.3, -0.25) is 9.36 Å². The van der Waals surface area contributed by atoms with Crippen molar-refractivity contribution in [3.63, 3.8) is 0 Å². The maximum atomic E-state index is 12.8. The molecule has 1 aliphatic rings. The van der Waals surface area contributed by atoms with E-state index in [9.17, 15) is 9.36 Å². The maximum absolute atomic E-state index is 12.8. The van der Waals surface area contributed by atoms with E-state index in [4.69, 9.17) is 22.8 Å². The van der Waals surface area contributed by atoms with E-state index in [-0.39, 0.29) is 19.3 Å². The van der Waals surface area contributed by atoms with Gasteiger partial charge in [-0.1, -0.05) is 0 Å². The first-order chi connectivity index (χ1) is 9.25. The van der Waals surface area contributed by atoms with E-state index in [1.54, 1.807) is 14.1 Å². The Bertz CT molecular complexity index is 384. The maximum Gasteiger partial charge on any atom is 0.345 e. The number of rotatable bonds is 7. The molecule has 2 radical (unpaired) electrons. The number of hydrogen-bond donors (Lipinski definition) is 2. The molecule has 114 valence electrons. The number of nitrogens with one attached hydrogen (secondary N) is 1. The summed E-state index contributed by atoms with van der Waals surface area (Å²) in [7, 11) is 7.11. The molecule has 3 unspecified atom stereocenters. The number of amides is 1. The zero-order chi connectivity index (χ0) is 15.3. The lowest BCUT2D eigenvalue weighted by molar-refractivity contribution is -0.118. The zero-order valence-corrected chi connectivity index (χ0v) is 13.0. The van der Waals surface area contributed by atoms with Crippen molar-refractivity contribution in [1.82, 2.24) is 14.7 Å². The summed E-state index contributed by atoms with van der Waals surface area (Å²) in [5.74, 6) is -0.573. The van der Waals surface area contributed by atoms with Crippen molar-refractivity contribution in [2.24, 2.45) is 5.73 Å². The van der Waals surface area contributed by atoms with Gasteiger partial charge >= 0.3 is 7.67 Å². The first-order valence-electron chi connectivity index (χ1n) is 6.29. The van der Waals surface area contributed by atoms with Gasteiger partial charge < -0.3 is 20.3 Å². The van der Waals surface area contributed by atoms with E-state index in [1.807, 2.05) is 0 Å². The average molecular weight is 304 g/mol. The fraction of sp³-hybridized carbons (Fsp3) is 0.900. The highest BCUT2D eigenvalue weighted by Crippen LogP contribution is 2.51. The highest BCUT2D eigenvalue weighted by atomic mass is 31.2. The van der Waals surface area contributed by atoms with Gasteiger partial charge in [0.15, 0.2) is 0 Å². The van der Waals surface area contributed by atoms with Crippen LogP contribution in [0.25, 0.3) is 0 Å². The van der Waals surface area contributed by atoms with Gasteiger partial charge in [0.1, 0.15) is 7.85 Å². The van der Waals surface area contributed by atoms with Crippen LogP contribution in [0.1, 0.15) is 0 Å². The van der Waals surface area contributed by atoms with Crippen molar-refractivity contribution in [1.29, 1.82) is 0 Å². The Morgan fingerprint density at radius 2 is 2.15 bits per heavy atom. The number of nitrogens with zero attached hydrogens (tertiary/aromatic N) is 2. The lowest BCUT2D eigenvalue weighted by Crippen LogP contribution is -2.47. The van der Waals surface area contributed by atoms with Gasteiger partial charge in [-0.05, 0) is 21.1 Å². The third-order valence-corrected chi connectivity index (χ3v) is 5.34. The zero-order valence-electron chi connectivity index (χ0n) is 12.1. The molecule has 3 atom stereocenters. The predicted octanol–water partition coefficient (Wildman–Crippen LogP) is -1.43. The summed E-state index contributed by atoms with van der Waals surface area (Å²) < 4.78 is 26.5. The lowest BCUT2D eigenvalue weighted by Gasteiger charge is -2.34. The topological polar surface area (TPSA) is 97.1 Å². The Hall–Kier alpha value is -0.435. The minimum Gasteiger partial charge on any atom is -0.380 e. The minimum atomic E-state index is -3.31. The van der Waals surface area contributed by atoms with Gasteiger partial charge in [-0.25, -0.2) is 9.34 Å². The van der Waals surface area contributed by atoms with Gasteiger partial charge in [-0.2, -0.15) is 0 Å². The van der Waals surface area contributed by atoms with Crippen molar-refractivity contribution in [3.8, 4) is 0 Å². The number of ether oxygens (including phenoxy) is 1. The molecule has 1 heterocycles. The second-order valence-corrected chi connectivity index (χ2v) is 7.59. The number of likely N-dealkylation sites (N-methyl/N-ethyl adjacent to an activating group) is 1. The Labute approximate surface area is 120 Å². The molecule has 0 saturated carbocycles. The fourth-order valence-corrected chi connectivity index (χ4v) is 3.56. The van der Waals surface area contributed by atoms with Crippen molar-refractivity contribution >= 4 is 21.4 Å². The molecule has 10 heteroatoms. The molecule has 1 amide bonds. The molecule has 0 spiro atoms. The summed E-state index contributed by atoms with van der Waals surface area (Å²) in [6.07, 6.45) is -0.283. The number of primary amides is 1. The number of hydrogen-bond acceptors (Lipinski definition) is 5. The second-order valence-electron chi connectivity index (χ2n) is 4.87. The van der Waals surface area contributed by atoms with Crippen LogP contribution >= 0.6 is 7.67 Å². The van der Waals surface area contributed by atoms with E-state index < -0.39 is 19.6 Å². The minimum absolute atomic E-state index is 0.110. The normalized spacial score (nSPS) is 26.6. The van der Waals surface area contributed by atoms with Crippen LogP contribution < -0.4 is 11.1 Å². The second kappa shape index (κ2) is 7.54. The van der Waals surface area contributed by atoms with Crippen LogP contribution in [0.2, 0.25) is 0 Å². The molecule has 1 fully saturated rings. The molecule has 1 aliphatic heterocycles. The third kappa shape index (κ3) is 4.84. The van der Waals surface area contributed by atoms with E-state index in [2.05, 4.69) is 5.32 Å². The molecule has 8 nitrogen and oxygen atoms in total. The summed E-state index contributed by atoms with van der Waals surface area (Å²) in [5.41, 5.74) is 5.12. The van der Waals surface area contributed by atoms with Gasteiger partial charge in [0.2, 0.25) is 5.91 Å². The summed E-state index contributed by atoms with van der Waals surface area (Å²) in [6.45, 7) is 1.10. The first kappa shape index (κ1) is 17.6. The van der Waals surface area contributed by atoms with Crippen LogP contribution in [0.4, 0.5) is 0 Å². The summed E-state index contributed by atoms with van der Waals surface area (Å²) in [5, 5.41) is 3.09. The molecule has 1 rings (SSSR count). The Morgan fingerprint density at radius 3 is 2.65 bits per heavy atom. The monoisotopic (exact) mass is 304 g/mol. The third-order valence-electron chi connectivity index (χ3n) is 2.83. The molecule has 20 heavy (non-hydrogen) atoms. The Kier molecular flexibility index (Phi) is 6.64. The van der Waals surface area contributed by atoms with Crippen LogP contribution in [0.15, 0.2) is 0 Å². The molecule has 3 N–H and O–H groups in total. The van der Waals surface area contributed by atoms with Crippen LogP contribution in [0, 0.1) is 0 Å². The standard InChI is InChI=1S/C10H22BN4O4P/c1-14(2)20(17,15(3)6-10(12)16)18-7-8-4-13-5-9(11)19-8/h8-9,13H,4-7H2,1-3H3,(H2,12,16). The van der Waals surface area contributed by atoms with Crippen molar-refractivity contribution < 1.29 is 18.6 Å². The molecular weight excluding hydrogens is 282 g/mol. The van der Waals surface area contributed by atoms with Gasteiger partial charge in [0.05, 0.1) is 19.3 Å². The van der Waals surface area contributed by atoms with E-state index in [0.717, 1.165) is 0 Å². The highest BCUT2D eigenvalue weighted by molar-refractivity contribution is 7.53. The molecule has 0 aromatic rings. The molecule has 0 aromatic heterocycles. The van der Waals surface area contributed by atoms with Gasteiger partial charge in [0, 0.05) is 19.1 Å². The molecule has 0 aromatic carbocycles. The first-order valence-corrected chi connectivity index (χ1v) is 7.82. The van der Waals surface area contributed by atoms with E-state index >= 15 is 0 Å². The summed E-state index contributed by atoms with van der Waals surface area (Å²) in [4.78, 5) is 11.0. The lowest BCUT2D eigenvalue weighted by atomic mass is 9.98. The highest BCUT2D eigenvalue weighted by Gasteiger charge is 2.34. The van der Waals surface area contributed by atoms with Crippen LogP contribution in [0.3, 0.4) is 0 Å². The Morgan fingerprint density at radius 1 is 1.50 bits per heavy atom. The predicted molar refractivity (Wildman–Crippen MR) is 76.4 cm³/mol. The molecule has 1 saturated heterocycles. The smallest absolute Gasteiger partial charge is 0.345 e. The Balaban J connectivity index is 2.62. The number of carbonyl (C=O) groups is 1. The van der Waals surface area contributed by atoms with E-state index in [0.29, 0.717) is 13.1 Å². The average Bonchev–Trinajstić information content (AvgIpc) is 2.34. The summed E-state index contributed by atoms with van der Waals surface area (Å²) in [6, 6.07) is -0.403. The van der Waals surface area contributed by atoms with Crippen LogP contribution in [-0.2, 0) is 18.6 Å². The fourth-order valence-electron chi connectivity index (χ4n) is 1.84. The van der Waals surface area contributed by atoms with Gasteiger partial charge in [-0.15, -0.1) is 0 Å². The summed E-state index contributed by atoms with van der Waals surface area (Å²) >= 11 is 0.